The number of benzene rings is 2. The molecule has 0 aromatic heterocycles. The van der Waals surface area contributed by atoms with E-state index in [4.69, 9.17) is 0 Å². The minimum Gasteiger partial charge on any atom is -0.207 e. The molecule has 1 aliphatic heterocycles. The summed E-state index contributed by atoms with van der Waals surface area (Å²) in [6.07, 6.45) is 5.91. The number of fused-ring (bicyclic) bond motifs is 1. The number of aryl methyl sites for hydroxylation is 2. The second-order valence-corrected chi connectivity index (χ2v) is 7.83. The van der Waals surface area contributed by atoms with E-state index < -0.39 is 10.0 Å². The third kappa shape index (κ3) is 3.54. The van der Waals surface area contributed by atoms with Crippen molar-refractivity contribution < 1.29 is 8.42 Å². The summed E-state index contributed by atoms with van der Waals surface area (Å²) in [5.74, 6) is 0. The third-order valence-corrected chi connectivity index (χ3v) is 6.01. The lowest BCUT2D eigenvalue weighted by Crippen LogP contribution is -2.31. The molecule has 0 radical (unpaired) electrons. The highest BCUT2D eigenvalue weighted by molar-refractivity contribution is 7.89. The van der Waals surface area contributed by atoms with Crippen molar-refractivity contribution in [2.45, 2.75) is 31.2 Å². The van der Waals surface area contributed by atoms with Crippen molar-refractivity contribution in [1.82, 2.24) is 4.31 Å². The molecule has 2 aromatic carbocycles. The Balaban J connectivity index is 1.98. The lowest BCUT2D eigenvalue weighted by Gasteiger charge is -2.22. The van der Waals surface area contributed by atoms with Crippen molar-refractivity contribution in [3.05, 3.63) is 77.4 Å². The van der Waals surface area contributed by atoms with Gasteiger partial charge in [-0.25, -0.2) is 8.42 Å². The Hall–Kier alpha value is -1.91. The molecule has 3 rings (SSSR count). The molecule has 3 nitrogen and oxygen atoms in total. The standard InChI is InChI=1S/C19H21NO2S/c1-16-10-12-19(13-11-16)23(21,22)20-14-6-2-3-7-17-8-4-5-9-18(17)15-20/h2,4-6,8-13H,3,7,14-15H2,1H3/b6-2-. The summed E-state index contributed by atoms with van der Waals surface area (Å²) in [4.78, 5) is 0.355. The number of allylic oxidation sites excluding steroid dienone is 1. The van der Waals surface area contributed by atoms with Gasteiger partial charge in [-0.3, -0.25) is 0 Å². The summed E-state index contributed by atoms with van der Waals surface area (Å²) >= 11 is 0. The lowest BCUT2D eigenvalue weighted by molar-refractivity contribution is 0.437. The molecule has 4 heteroatoms. The normalized spacial score (nSPS) is 17.6. The Morgan fingerprint density at radius 1 is 0.913 bits per heavy atom. The van der Waals surface area contributed by atoms with Crippen LogP contribution in [0.2, 0.25) is 0 Å². The van der Waals surface area contributed by atoms with Gasteiger partial charge in [-0.1, -0.05) is 54.1 Å². The van der Waals surface area contributed by atoms with Crippen molar-refractivity contribution in [2.75, 3.05) is 6.54 Å². The van der Waals surface area contributed by atoms with E-state index in [1.165, 1.54) is 5.56 Å². The zero-order valence-corrected chi connectivity index (χ0v) is 14.1. The molecule has 0 bridgehead atoms. The average molecular weight is 327 g/mol. The number of hydrogen-bond donors (Lipinski definition) is 0. The molecule has 2 aromatic rings. The zero-order chi connectivity index (χ0) is 16.3. The van der Waals surface area contributed by atoms with Gasteiger partial charge >= 0.3 is 0 Å². The van der Waals surface area contributed by atoms with Crippen LogP contribution in [0.25, 0.3) is 0 Å². The fourth-order valence-electron chi connectivity index (χ4n) is 2.80. The van der Waals surface area contributed by atoms with E-state index in [9.17, 15) is 8.42 Å². The minimum absolute atomic E-state index is 0.355. The lowest BCUT2D eigenvalue weighted by atomic mass is 10.0. The first-order valence-corrected chi connectivity index (χ1v) is 9.30. The fourth-order valence-corrected chi connectivity index (χ4v) is 4.17. The van der Waals surface area contributed by atoms with E-state index >= 15 is 0 Å². The summed E-state index contributed by atoms with van der Waals surface area (Å²) in [5, 5.41) is 0. The van der Waals surface area contributed by atoms with Gasteiger partial charge in [0, 0.05) is 13.1 Å². The quantitative estimate of drug-likeness (QED) is 0.789. The molecule has 0 fully saturated rings. The number of hydrogen-bond acceptors (Lipinski definition) is 2. The van der Waals surface area contributed by atoms with Crippen LogP contribution in [0.1, 0.15) is 23.1 Å². The Kier molecular flexibility index (Phi) is 4.64. The van der Waals surface area contributed by atoms with Crippen molar-refractivity contribution in [1.29, 1.82) is 0 Å². The molecular weight excluding hydrogens is 306 g/mol. The Bertz CT molecular complexity index is 808. The van der Waals surface area contributed by atoms with Crippen LogP contribution in [-0.4, -0.2) is 19.3 Å². The van der Waals surface area contributed by atoms with Gasteiger partial charge in [0.15, 0.2) is 0 Å². The molecule has 1 heterocycles. The number of sulfonamides is 1. The molecule has 0 amide bonds. The first-order chi connectivity index (χ1) is 11.1. The monoisotopic (exact) mass is 327 g/mol. The van der Waals surface area contributed by atoms with E-state index in [0.29, 0.717) is 18.0 Å². The summed E-state index contributed by atoms with van der Waals surface area (Å²) < 4.78 is 27.5. The minimum atomic E-state index is -3.50. The molecule has 0 spiro atoms. The highest BCUT2D eigenvalue weighted by Gasteiger charge is 2.24. The molecule has 0 saturated heterocycles. The second kappa shape index (κ2) is 6.69. The zero-order valence-electron chi connectivity index (χ0n) is 13.3. The van der Waals surface area contributed by atoms with E-state index in [1.807, 2.05) is 43.3 Å². The molecular formula is C19H21NO2S. The van der Waals surface area contributed by atoms with Crippen LogP contribution in [0.4, 0.5) is 0 Å². The molecule has 0 atom stereocenters. The molecule has 0 unspecified atom stereocenters. The van der Waals surface area contributed by atoms with Gasteiger partial charge < -0.3 is 0 Å². The highest BCUT2D eigenvalue weighted by atomic mass is 32.2. The molecule has 0 aliphatic carbocycles. The van der Waals surface area contributed by atoms with Crippen molar-refractivity contribution in [2.24, 2.45) is 0 Å². The predicted octanol–water partition coefficient (Wildman–Crippen LogP) is 3.69. The van der Waals surface area contributed by atoms with Crippen molar-refractivity contribution in [3.8, 4) is 0 Å². The fraction of sp³-hybridized carbons (Fsp3) is 0.263. The first-order valence-electron chi connectivity index (χ1n) is 7.86. The highest BCUT2D eigenvalue weighted by Crippen LogP contribution is 2.22. The van der Waals surface area contributed by atoms with Crippen LogP contribution in [0.5, 0.6) is 0 Å². The topological polar surface area (TPSA) is 37.4 Å². The Morgan fingerprint density at radius 2 is 1.61 bits per heavy atom. The maximum Gasteiger partial charge on any atom is 0.243 e. The molecule has 23 heavy (non-hydrogen) atoms. The van der Waals surface area contributed by atoms with Crippen LogP contribution < -0.4 is 0 Å². The van der Waals surface area contributed by atoms with Gasteiger partial charge in [0.05, 0.1) is 4.90 Å². The third-order valence-electron chi connectivity index (χ3n) is 4.18. The summed E-state index contributed by atoms with van der Waals surface area (Å²) in [6.45, 7) is 2.77. The van der Waals surface area contributed by atoms with Gasteiger partial charge in [-0.2, -0.15) is 4.31 Å². The first kappa shape index (κ1) is 16.0. The Labute approximate surface area is 138 Å². The van der Waals surface area contributed by atoms with E-state index in [-0.39, 0.29) is 0 Å². The van der Waals surface area contributed by atoms with E-state index in [0.717, 1.165) is 24.0 Å². The van der Waals surface area contributed by atoms with Crippen LogP contribution in [0.3, 0.4) is 0 Å². The van der Waals surface area contributed by atoms with Crippen molar-refractivity contribution >= 4 is 10.0 Å². The smallest absolute Gasteiger partial charge is 0.207 e. The van der Waals surface area contributed by atoms with Gasteiger partial charge in [-0.15, -0.1) is 0 Å². The van der Waals surface area contributed by atoms with E-state index in [2.05, 4.69) is 12.1 Å². The number of nitrogens with zero attached hydrogens (tertiary/aromatic N) is 1. The molecule has 0 N–H and O–H groups in total. The Morgan fingerprint density at radius 3 is 2.35 bits per heavy atom. The molecule has 120 valence electrons. The van der Waals surface area contributed by atoms with Gasteiger partial charge in [0.2, 0.25) is 10.0 Å². The SMILES string of the molecule is Cc1ccc(S(=O)(=O)N2C/C=C\CCc3ccccc3C2)cc1. The average Bonchev–Trinajstić information content (AvgIpc) is 2.65. The van der Waals surface area contributed by atoms with Gasteiger partial charge in [-0.05, 0) is 43.0 Å². The maximum absolute atomic E-state index is 13.0. The van der Waals surface area contributed by atoms with Gasteiger partial charge in [0.1, 0.15) is 0 Å². The maximum atomic E-state index is 13.0. The van der Waals surface area contributed by atoms with Gasteiger partial charge in [0.25, 0.3) is 0 Å². The summed E-state index contributed by atoms with van der Waals surface area (Å²) in [6, 6.07) is 15.2. The van der Waals surface area contributed by atoms with Crippen LogP contribution in [0, 0.1) is 6.92 Å². The molecule has 0 saturated carbocycles. The summed E-state index contributed by atoms with van der Waals surface area (Å²) in [5.41, 5.74) is 3.37. The van der Waals surface area contributed by atoms with Crippen molar-refractivity contribution in [3.63, 3.8) is 0 Å². The van der Waals surface area contributed by atoms with Crippen LogP contribution >= 0.6 is 0 Å². The number of rotatable bonds is 2. The second-order valence-electron chi connectivity index (χ2n) is 5.89. The van der Waals surface area contributed by atoms with Crippen LogP contribution in [0.15, 0.2) is 65.6 Å². The molecule has 1 aliphatic rings. The largest absolute Gasteiger partial charge is 0.243 e. The predicted molar refractivity (Wildman–Crippen MR) is 92.7 cm³/mol. The van der Waals surface area contributed by atoms with E-state index in [1.54, 1.807) is 16.4 Å². The summed E-state index contributed by atoms with van der Waals surface area (Å²) in [7, 11) is -3.50. The van der Waals surface area contributed by atoms with Crippen LogP contribution in [-0.2, 0) is 23.0 Å².